The van der Waals surface area contributed by atoms with Crippen molar-refractivity contribution in [2.45, 2.75) is 59.3 Å². The summed E-state index contributed by atoms with van der Waals surface area (Å²) in [6.07, 6.45) is 1.37. The van der Waals surface area contributed by atoms with Crippen molar-refractivity contribution in [2.75, 3.05) is 0 Å². The molecule has 0 radical (unpaired) electrons. The van der Waals surface area contributed by atoms with Gasteiger partial charge < -0.3 is 14.8 Å². The summed E-state index contributed by atoms with van der Waals surface area (Å²) in [6, 6.07) is 32.0. The second-order valence-electron chi connectivity index (χ2n) is 10.1. The van der Waals surface area contributed by atoms with Gasteiger partial charge >= 0.3 is 0 Å². The first-order valence-corrected chi connectivity index (χ1v) is 13.8. The minimum absolute atomic E-state index is 0.0671. The van der Waals surface area contributed by atoms with Crippen molar-refractivity contribution < 1.29 is 19.1 Å². The molecule has 0 aliphatic carbocycles. The van der Waals surface area contributed by atoms with Gasteiger partial charge in [-0.15, -0.1) is 0 Å². The Morgan fingerprint density at radius 2 is 1.23 bits per heavy atom. The molecule has 0 bridgehead atoms. The molecule has 5 nitrogen and oxygen atoms in total. The first-order valence-electron chi connectivity index (χ1n) is 13.8. The lowest BCUT2D eigenvalue weighted by molar-refractivity contribution is -0.125. The van der Waals surface area contributed by atoms with E-state index in [1.54, 1.807) is 0 Å². The van der Waals surface area contributed by atoms with Gasteiger partial charge in [0.1, 0.15) is 19.0 Å². The Morgan fingerprint density at radius 1 is 0.600 bits per heavy atom. The molecule has 0 heterocycles. The predicted molar refractivity (Wildman–Crippen MR) is 158 cm³/mol. The molecule has 0 aliphatic rings. The van der Waals surface area contributed by atoms with Gasteiger partial charge in [0.2, 0.25) is 5.91 Å². The van der Waals surface area contributed by atoms with E-state index in [1.807, 2.05) is 84.9 Å². The molecule has 4 aromatic rings. The molecule has 0 aromatic heterocycles. The van der Waals surface area contributed by atoms with Crippen LogP contribution in [0.3, 0.4) is 0 Å². The van der Waals surface area contributed by atoms with Gasteiger partial charge in [-0.3, -0.25) is 9.59 Å². The molecule has 1 N–H and O–H groups in total. The minimum atomic E-state index is -0.108. The van der Waals surface area contributed by atoms with Crippen molar-refractivity contribution in [3.05, 3.63) is 130 Å². The van der Waals surface area contributed by atoms with Gasteiger partial charge in [0.25, 0.3) is 0 Å². The molecule has 206 valence electrons. The number of carbonyl (C=O) groups is 2. The van der Waals surface area contributed by atoms with Crippen molar-refractivity contribution >= 4 is 11.7 Å². The Bertz CT molecular complexity index is 1400. The van der Waals surface area contributed by atoms with E-state index >= 15 is 0 Å². The Hall–Kier alpha value is -4.38. The quantitative estimate of drug-likeness (QED) is 0.188. The van der Waals surface area contributed by atoms with Gasteiger partial charge in [0.05, 0.1) is 0 Å². The summed E-state index contributed by atoms with van der Waals surface area (Å²) in [4.78, 5) is 24.9. The van der Waals surface area contributed by atoms with Crippen molar-refractivity contribution in [3.63, 3.8) is 0 Å². The van der Waals surface area contributed by atoms with Gasteiger partial charge in [0, 0.05) is 25.8 Å². The van der Waals surface area contributed by atoms with Gasteiger partial charge in [0.15, 0.2) is 11.5 Å². The summed E-state index contributed by atoms with van der Waals surface area (Å²) < 4.78 is 12.2. The Morgan fingerprint density at radius 3 is 1.88 bits per heavy atom. The van der Waals surface area contributed by atoms with E-state index in [4.69, 9.17) is 9.47 Å². The van der Waals surface area contributed by atoms with Gasteiger partial charge in [-0.1, -0.05) is 84.9 Å². The van der Waals surface area contributed by atoms with Crippen LogP contribution in [-0.2, 0) is 35.8 Å². The molecule has 4 rings (SSSR count). The number of hydrogen-bond donors (Lipinski definition) is 1. The second-order valence-corrected chi connectivity index (χ2v) is 10.1. The minimum Gasteiger partial charge on any atom is -0.485 e. The molecule has 4 aromatic carbocycles. The molecule has 0 spiro atoms. The third-order valence-corrected chi connectivity index (χ3v) is 6.87. The second kappa shape index (κ2) is 14.7. The van der Waals surface area contributed by atoms with Gasteiger partial charge in [-0.25, -0.2) is 0 Å². The average molecular weight is 536 g/mol. The van der Waals surface area contributed by atoms with Crippen LogP contribution in [0.25, 0.3) is 0 Å². The fourth-order valence-corrected chi connectivity index (χ4v) is 4.27. The summed E-state index contributed by atoms with van der Waals surface area (Å²) in [6.45, 7) is 5.45. The highest BCUT2D eigenvalue weighted by Gasteiger charge is 2.11. The highest BCUT2D eigenvalue weighted by Crippen LogP contribution is 2.30. The maximum Gasteiger partial charge on any atom is 0.220 e. The number of ether oxygens (including phenoxy) is 2. The lowest BCUT2D eigenvalue weighted by Crippen LogP contribution is -2.23. The Kier molecular flexibility index (Phi) is 10.5. The van der Waals surface area contributed by atoms with E-state index in [0.717, 1.165) is 22.3 Å². The normalized spacial score (nSPS) is 10.7. The molecule has 0 saturated carbocycles. The van der Waals surface area contributed by atoms with Crippen LogP contribution in [0, 0.1) is 13.8 Å². The zero-order valence-electron chi connectivity index (χ0n) is 23.3. The van der Waals surface area contributed by atoms with Crippen LogP contribution in [0.1, 0.15) is 52.6 Å². The lowest BCUT2D eigenvalue weighted by Gasteiger charge is -2.15. The van der Waals surface area contributed by atoms with Crippen LogP contribution in [-0.4, -0.2) is 11.7 Å². The third kappa shape index (κ3) is 9.12. The molecule has 0 atom stereocenters. The van der Waals surface area contributed by atoms with E-state index in [1.165, 1.54) is 11.1 Å². The van der Waals surface area contributed by atoms with Crippen LogP contribution in [0.15, 0.2) is 97.1 Å². The van der Waals surface area contributed by atoms with Crippen molar-refractivity contribution in [1.29, 1.82) is 0 Å². The van der Waals surface area contributed by atoms with E-state index in [-0.39, 0.29) is 24.5 Å². The standard InChI is InChI=1S/C35H37NO4/c1-26-13-14-31(21-27(26)2)23-36-35(38)20-18-32(37)17-15-28-16-19-33(39-24-29-9-5-3-6-10-29)34(22-28)40-25-30-11-7-4-8-12-30/h3-14,16,19,21-22H,15,17-18,20,23-25H2,1-2H3,(H,36,38). The highest BCUT2D eigenvalue weighted by atomic mass is 16.5. The van der Waals surface area contributed by atoms with Crippen LogP contribution in [0.4, 0.5) is 0 Å². The van der Waals surface area contributed by atoms with Crippen LogP contribution >= 0.6 is 0 Å². The van der Waals surface area contributed by atoms with E-state index < -0.39 is 0 Å². The fraction of sp³-hybridized carbons (Fsp3) is 0.257. The number of rotatable bonds is 14. The molecular formula is C35H37NO4. The molecule has 0 saturated heterocycles. The summed E-state index contributed by atoms with van der Waals surface area (Å²) in [5.74, 6) is 1.27. The van der Waals surface area contributed by atoms with Crippen LogP contribution in [0.2, 0.25) is 0 Å². The zero-order chi connectivity index (χ0) is 28.2. The SMILES string of the molecule is Cc1ccc(CNC(=O)CCC(=O)CCc2ccc(OCc3ccccc3)c(OCc3ccccc3)c2)cc1C. The van der Waals surface area contributed by atoms with E-state index in [2.05, 4.69) is 31.3 Å². The topological polar surface area (TPSA) is 64.6 Å². The summed E-state index contributed by atoms with van der Waals surface area (Å²) in [5.41, 5.74) is 6.61. The van der Waals surface area contributed by atoms with Crippen molar-refractivity contribution in [2.24, 2.45) is 0 Å². The number of ketones is 1. The summed E-state index contributed by atoms with van der Waals surface area (Å²) in [7, 11) is 0. The van der Waals surface area contributed by atoms with E-state index in [9.17, 15) is 9.59 Å². The summed E-state index contributed by atoms with van der Waals surface area (Å²) in [5, 5.41) is 2.92. The number of benzene rings is 4. The van der Waals surface area contributed by atoms with Gasteiger partial charge in [-0.2, -0.15) is 0 Å². The molecule has 0 unspecified atom stereocenters. The Labute approximate surface area is 237 Å². The first-order chi connectivity index (χ1) is 19.5. The number of hydrogen-bond acceptors (Lipinski definition) is 4. The fourth-order valence-electron chi connectivity index (χ4n) is 4.27. The molecule has 0 fully saturated rings. The number of amides is 1. The number of Topliss-reactive ketones (excluding diaryl/α,β-unsaturated/α-hetero) is 1. The highest BCUT2D eigenvalue weighted by molar-refractivity contribution is 5.85. The smallest absolute Gasteiger partial charge is 0.220 e. The first kappa shape index (κ1) is 28.6. The molecule has 0 aliphatic heterocycles. The lowest BCUT2D eigenvalue weighted by atomic mass is 10.0. The summed E-state index contributed by atoms with van der Waals surface area (Å²) >= 11 is 0. The molecule has 40 heavy (non-hydrogen) atoms. The van der Waals surface area contributed by atoms with Crippen LogP contribution < -0.4 is 14.8 Å². The predicted octanol–water partition coefficient (Wildman–Crippen LogP) is 7.06. The number of aryl methyl sites for hydroxylation is 3. The Balaban J connectivity index is 1.28. The third-order valence-electron chi connectivity index (χ3n) is 6.87. The van der Waals surface area contributed by atoms with Crippen molar-refractivity contribution in [1.82, 2.24) is 5.32 Å². The number of nitrogens with one attached hydrogen (secondary N) is 1. The van der Waals surface area contributed by atoms with Crippen LogP contribution in [0.5, 0.6) is 11.5 Å². The number of carbonyl (C=O) groups excluding carboxylic acids is 2. The zero-order valence-corrected chi connectivity index (χ0v) is 23.3. The largest absolute Gasteiger partial charge is 0.485 e. The van der Waals surface area contributed by atoms with E-state index in [0.29, 0.717) is 44.1 Å². The van der Waals surface area contributed by atoms with Gasteiger partial charge in [-0.05, 0) is 65.8 Å². The monoisotopic (exact) mass is 535 g/mol. The maximum atomic E-state index is 12.6. The molecule has 1 amide bonds. The average Bonchev–Trinajstić information content (AvgIpc) is 2.99. The maximum absolute atomic E-state index is 12.6. The molecule has 5 heteroatoms. The molecular weight excluding hydrogens is 498 g/mol. The van der Waals surface area contributed by atoms with Crippen molar-refractivity contribution in [3.8, 4) is 11.5 Å².